The van der Waals surface area contributed by atoms with E-state index in [0.29, 0.717) is 0 Å². The summed E-state index contributed by atoms with van der Waals surface area (Å²) in [5.74, 6) is 0. The number of rotatable bonds is 8. The van der Waals surface area contributed by atoms with Gasteiger partial charge in [0, 0.05) is 47.9 Å². The third kappa shape index (κ3) is 5.65. The van der Waals surface area contributed by atoms with Crippen molar-refractivity contribution < 1.29 is 0 Å². The molecule has 3 heteroatoms. The van der Waals surface area contributed by atoms with Gasteiger partial charge in [-0.1, -0.05) is 98.3 Å². The molecule has 0 unspecified atom stereocenters. The molecular weight excluding hydrogens is 671 g/mol. The number of halogens is 1. The molecule has 0 aromatic heterocycles. The Morgan fingerprint density at radius 3 is 1.35 bits per heavy atom. The number of nitrogens with zero attached hydrogens (tertiary/aromatic N) is 2. The van der Waals surface area contributed by atoms with Crippen LogP contribution in [0.3, 0.4) is 0 Å². The van der Waals surface area contributed by atoms with Gasteiger partial charge < -0.3 is 9.80 Å². The second-order valence-electron chi connectivity index (χ2n) is 11.8. The van der Waals surface area contributed by atoms with Gasteiger partial charge in [-0.15, -0.1) is 0 Å². The van der Waals surface area contributed by atoms with Crippen LogP contribution in [0.5, 0.6) is 0 Å². The fourth-order valence-corrected chi connectivity index (χ4v) is 6.83. The van der Waals surface area contributed by atoms with E-state index < -0.39 is 0 Å². The molecule has 0 aliphatic heterocycles. The minimum atomic E-state index is 1.01. The van der Waals surface area contributed by atoms with Crippen molar-refractivity contribution in [1.82, 2.24) is 0 Å². The summed E-state index contributed by atoms with van der Waals surface area (Å²) in [6.45, 7) is 6.62. The van der Waals surface area contributed by atoms with Crippen molar-refractivity contribution in [2.45, 2.75) is 33.6 Å². The topological polar surface area (TPSA) is 6.48 Å². The maximum atomic E-state index is 2.45. The Bertz CT molecular complexity index is 2120. The minimum absolute atomic E-state index is 1.01. The first-order valence-electron chi connectivity index (χ1n) is 16.1. The lowest BCUT2D eigenvalue weighted by molar-refractivity contribution is 1.14. The SMILES string of the molecule is CCc1ccc(N(c2ccccc2)c2c3ccccc3c(N(c3ccc(I)cc3)c3ccc(CC)cc3)c3cc(C)ccc23)cc1. The normalized spacial score (nSPS) is 11.2. The van der Waals surface area contributed by atoms with Gasteiger partial charge in [0.15, 0.2) is 0 Å². The summed E-state index contributed by atoms with van der Waals surface area (Å²) in [7, 11) is 0. The molecule has 0 fully saturated rings. The predicted molar refractivity (Wildman–Crippen MR) is 207 cm³/mol. The lowest BCUT2D eigenvalue weighted by Gasteiger charge is -2.33. The lowest BCUT2D eigenvalue weighted by atomic mass is 9.94. The Kier molecular flexibility index (Phi) is 8.51. The van der Waals surface area contributed by atoms with Crippen LogP contribution in [0.1, 0.15) is 30.5 Å². The minimum Gasteiger partial charge on any atom is -0.309 e. The molecule has 0 heterocycles. The summed E-state index contributed by atoms with van der Waals surface area (Å²) in [5.41, 5.74) is 10.8. The average Bonchev–Trinajstić information content (AvgIpc) is 3.11. The van der Waals surface area contributed by atoms with Gasteiger partial charge in [-0.05, 0) is 120 Å². The van der Waals surface area contributed by atoms with E-state index >= 15 is 0 Å². The van der Waals surface area contributed by atoms with Gasteiger partial charge >= 0.3 is 0 Å². The number of para-hydroxylation sites is 1. The van der Waals surface area contributed by atoms with Crippen molar-refractivity contribution in [1.29, 1.82) is 0 Å². The Hall–Kier alpha value is -4.61. The molecular formula is C43H37IN2. The van der Waals surface area contributed by atoms with E-state index in [-0.39, 0.29) is 0 Å². The number of fused-ring (bicyclic) bond motifs is 2. The molecule has 226 valence electrons. The van der Waals surface area contributed by atoms with Gasteiger partial charge in [-0.3, -0.25) is 0 Å². The van der Waals surface area contributed by atoms with E-state index in [2.05, 4.69) is 199 Å². The molecule has 7 rings (SSSR count). The van der Waals surface area contributed by atoms with E-state index in [9.17, 15) is 0 Å². The molecule has 0 saturated carbocycles. The van der Waals surface area contributed by atoms with Gasteiger partial charge in [0.25, 0.3) is 0 Å². The molecule has 0 spiro atoms. The standard InChI is InChI=1S/C43H37IN2/c1-4-31-16-22-35(23-17-31)45(34-11-7-6-8-12-34)42-38-13-9-10-14-39(38)43(41-29-30(3)15-28-40(41)42)46(37-26-20-33(44)21-27-37)36-24-18-32(5-2)19-25-36/h6-29H,4-5H2,1-3H3. The van der Waals surface area contributed by atoms with E-state index in [1.165, 1.54) is 53.2 Å². The number of hydrogen-bond acceptors (Lipinski definition) is 2. The number of hydrogen-bond donors (Lipinski definition) is 0. The highest BCUT2D eigenvalue weighted by Gasteiger charge is 2.25. The third-order valence-corrected chi connectivity index (χ3v) is 9.59. The quantitative estimate of drug-likeness (QED) is 0.0881. The fourth-order valence-electron chi connectivity index (χ4n) is 6.47. The molecule has 0 bridgehead atoms. The first-order chi connectivity index (χ1) is 22.6. The van der Waals surface area contributed by atoms with Crippen LogP contribution in [-0.2, 0) is 12.8 Å². The Labute approximate surface area is 286 Å². The second-order valence-corrected chi connectivity index (χ2v) is 13.1. The number of anilines is 6. The second kappa shape index (κ2) is 13.0. The summed E-state index contributed by atoms with van der Waals surface area (Å²) in [4.78, 5) is 4.89. The fraction of sp³-hybridized carbons (Fsp3) is 0.116. The third-order valence-electron chi connectivity index (χ3n) is 8.87. The summed E-state index contributed by atoms with van der Waals surface area (Å²) in [6.07, 6.45) is 2.02. The smallest absolute Gasteiger partial charge is 0.0620 e. The van der Waals surface area contributed by atoms with Crippen LogP contribution in [0.2, 0.25) is 0 Å². The maximum Gasteiger partial charge on any atom is 0.0620 e. The molecule has 0 radical (unpaired) electrons. The van der Waals surface area contributed by atoms with Crippen molar-refractivity contribution in [2.24, 2.45) is 0 Å². The van der Waals surface area contributed by atoms with Crippen molar-refractivity contribution >= 4 is 78.3 Å². The monoisotopic (exact) mass is 708 g/mol. The summed E-state index contributed by atoms with van der Waals surface area (Å²) in [5, 5.41) is 4.85. The van der Waals surface area contributed by atoms with E-state index in [1.54, 1.807) is 0 Å². The van der Waals surface area contributed by atoms with E-state index in [4.69, 9.17) is 0 Å². The summed E-state index contributed by atoms with van der Waals surface area (Å²) >= 11 is 2.39. The highest BCUT2D eigenvalue weighted by atomic mass is 127. The van der Waals surface area contributed by atoms with E-state index in [1.807, 2.05) is 0 Å². The molecule has 2 nitrogen and oxygen atoms in total. The predicted octanol–water partition coefficient (Wildman–Crippen LogP) is 13.0. The molecule has 7 aromatic carbocycles. The van der Waals surface area contributed by atoms with Gasteiger partial charge in [0.05, 0.1) is 11.4 Å². The van der Waals surface area contributed by atoms with Crippen LogP contribution in [0.25, 0.3) is 21.5 Å². The zero-order chi connectivity index (χ0) is 31.6. The van der Waals surface area contributed by atoms with Crippen LogP contribution in [0, 0.1) is 10.5 Å². The van der Waals surface area contributed by atoms with Crippen LogP contribution >= 0.6 is 22.6 Å². The molecule has 0 atom stereocenters. The van der Waals surface area contributed by atoms with Crippen LogP contribution in [-0.4, -0.2) is 0 Å². The lowest BCUT2D eigenvalue weighted by Crippen LogP contribution is -2.14. The van der Waals surface area contributed by atoms with Gasteiger partial charge in [0.1, 0.15) is 0 Å². The molecule has 0 N–H and O–H groups in total. The number of benzene rings is 7. The Morgan fingerprint density at radius 2 is 0.848 bits per heavy atom. The highest BCUT2D eigenvalue weighted by molar-refractivity contribution is 14.1. The molecule has 0 saturated heterocycles. The average molecular weight is 709 g/mol. The molecule has 46 heavy (non-hydrogen) atoms. The molecule has 0 aliphatic carbocycles. The van der Waals surface area contributed by atoms with Gasteiger partial charge in [-0.25, -0.2) is 0 Å². The first kappa shape index (κ1) is 30.1. The van der Waals surface area contributed by atoms with Gasteiger partial charge in [-0.2, -0.15) is 0 Å². The number of aryl methyl sites for hydroxylation is 3. The maximum absolute atomic E-state index is 2.45. The Morgan fingerprint density at radius 1 is 0.435 bits per heavy atom. The first-order valence-corrected chi connectivity index (χ1v) is 17.2. The highest BCUT2D eigenvalue weighted by Crippen LogP contribution is 2.51. The van der Waals surface area contributed by atoms with Crippen molar-refractivity contribution in [3.63, 3.8) is 0 Å². The van der Waals surface area contributed by atoms with Crippen molar-refractivity contribution in [3.05, 3.63) is 166 Å². The van der Waals surface area contributed by atoms with Crippen LogP contribution in [0.4, 0.5) is 34.1 Å². The zero-order valence-corrected chi connectivity index (χ0v) is 28.7. The molecule has 0 amide bonds. The van der Waals surface area contributed by atoms with Crippen molar-refractivity contribution in [2.75, 3.05) is 9.80 Å². The summed E-state index contributed by atoms with van der Waals surface area (Å²) in [6, 6.07) is 53.6. The summed E-state index contributed by atoms with van der Waals surface area (Å²) < 4.78 is 1.22. The molecule has 7 aromatic rings. The van der Waals surface area contributed by atoms with Gasteiger partial charge in [0.2, 0.25) is 0 Å². The van der Waals surface area contributed by atoms with Crippen molar-refractivity contribution in [3.8, 4) is 0 Å². The zero-order valence-electron chi connectivity index (χ0n) is 26.5. The Balaban J connectivity index is 1.60. The van der Waals surface area contributed by atoms with Crippen LogP contribution in [0.15, 0.2) is 146 Å². The molecule has 0 aliphatic rings. The van der Waals surface area contributed by atoms with E-state index in [0.717, 1.165) is 35.6 Å². The van der Waals surface area contributed by atoms with Crippen LogP contribution < -0.4 is 9.80 Å². The largest absolute Gasteiger partial charge is 0.309 e.